The fourth-order valence-corrected chi connectivity index (χ4v) is 1.59. The topological polar surface area (TPSA) is 67.4 Å². The number of carbonyl (C=O) groups is 2. The Labute approximate surface area is 87.2 Å². The van der Waals surface area contributed by atoms with Crippen molar-refractivity contribution in [2.75, 3.05) is 7.11 Å². The summed E-state index contributed by atoms with van der Waals surface area (Å²) in [6.07, 6.45) is 0.0686. The van der Waals surface area contributed by atoms with Crippen molar-refractivity contribution in [1.82, 2.24) is 10.6 Å². The van der Waals surface area contributed by atoms with E-state index in [4.69, 9.17) is 12.2 Å². The SMILES string of the molecule is COC(=O)CC1C(=O)NC(=S)NC1C. The van der Waals surface area contributed by atoms with E-state index in [-0.39, 0.29) is 18.4 Å². The minimum absolute atomic E-state index is 0.0686. The second-order valence-corrected chi connectivity index (χ2v) is 3.55. The number of hydrogen-bond donors (Lipinski definition) is 2. The minimum Gasteiger partial charge on any atom is -0.469 e. The van der Waals surface area contributed by atoms with Crippen LogP contribution in [0.1, 0.15) is 13.3 Å². The lowest BCUT2D eigenvalue weighted by atomic mass is 9.95. The number of esters is 1. The van der Waals surface area contributed by atoms with E-state index < -0.39 is 11.9 Å². The summed E-state index contributed by atoms with van der Waals surface area (Å²) in [5.74, 6) is -1.05. The van der Waals surface area contributed by atoms with E-state index in [1.807, 2.05) is 0 Å². The highest BCUT2D eigenvalue weighted by Gasteiger charge is 2.32. The molecule has 14 heavy (non-hydrogen) atoms. The maximum Gasteiger partial charge on any atom is 0.306 e. The average molecular weight is 216 g/mol. The van der Waals surface area contributed by atoms with Crippen LogP contribution in [-0.4, -0.2) is 30.1 Å². The monoisotopic (exact) mass is 216 g/mol. The zero-order valence-corrected chi connectivity index (χ0v) is 8.81. The molecule has 1 fully saturated rings. The molecule has 0 spiro atoms. The standard InChI is InChI=1S/C8H12N2O3S/c1-4-5(3-6(11)13-2)7(12)10-8(14)9-4/h4-5H,3H2,1-2H3,(H2,9,10,12,14). The van der Waals surface area contributed by atoms with E-state index >= 15 is 0 Å². The Morgan fingerprint density at radius 1 is 1.64 bits per heavy atom. The van der Waals surface area contributed by atoms with Gasteiger partial charge in [0.2, 0.25) is 5.91 Å². The molecule has 2 unspecified atom stereocenters. The van der Waals surface area contributed by atoms with Gasteiger partial charge in [-0.3, -0.25) is 9.59 Å². The first kappa shape index (κ1) is 10.9. The maximum absolute atomic E-state index is 11.4. The molecule has 1 aliphatic rings. The van der Waals surface area contributed by atoms with Crippen molar-refractivity contribution in [1.29, 1.82) is 0 Å². The fourth-order valence-electron chi connectivity index (χ4n) is 1.31. The highest BCUT2D eigenvalue weighted by molar-refractivity contribution is 7.80. The highest BCUT2D eigenvalue weighted by atomic mass is 32.1. The second kappa shape index (κ2) is 4.36. The smallest absolute Gasteiger partial charge is 0.306 e. The van der Waals surface area contributed by atoms with E-state index in [1.165, 1.54) is 7.11 Å². The van der Waals surface area contributed by atoms with Crippen molar-refractivity contribution in [2.45, 2.75) is 19.4 Å². The van der Waals surface area contributed by atoms with Crippen LogP contribution < -0.4 is 10.6 Å². The van der Waals surface area contributed by atoms with Crippen molar-refractivity contribution in [3.05, 3.63) is 0 Å². The minimum atomic E-state index is -0.422. The quantitative estimate of drug-likeness (QED) is 0.484. The second-order valence-electron chi connectivity index (χ2n) is 3.14. The number of ether oxygens (including phenoxy) is 1. The van der Waals surface area contributed by atoms with Gasteiger partial charge in [-0.25, -0.2) is 0 Å². The summed E-state index contributed by atoms with van der Waals surface area (Å²) >= 11 is 4.80. The Hall–Kier alpha value is -1.17. The van der Waals surface area contributed by atoms with Crippen molar-refractivity contribution >= 4 is 29.2 Å². The number of carbonyl (C=O) groups excluding carboxylic acids is 2. The van der Waals surface area contributed by atoms with Crippen LogP contribution in [0.5, 0.6) is 0 Å². The van der Waals surface area contributed by atoms with E-state index in [0.717, 1.165) is 0 Å². The number of amides is 1. The van der Waals surface area contributed by atoms with Gasteiger partial charge in [0.1, 0.15) is 0 Å². The molecule has 1 aliphatic heterocycles. The van der Waals surface area contributed by atoms with Crippen LogP contribution in [0.2, 0.25) is 0 Å². The summed E-state index contributed by atoms with van der Waals surface area (Å²) in [4.78, 5) is 22.4. The lowest BCUT2D eigenvalue weighted by Crippen LogP contribution is -2.57. The third kappa shape index (κ3) is 2.41. The molecular formula is C8H12N2O3S. The Balaban J connectivity index is 2.63. The lowest BCUT2D eigenvalue weighted by Gasteiger charge is -2.29. The molecule has 0 aromatic carbocycles. The summed E-state index contributed by atoms with van der Waals surface area (Å²) in [6, 6.07) is -0.143. The van der Waals surface area contributed by atoms with Gasteiger partial charge in [0.25, 0.3) is 0 Å². The van der Waals surface area contributed by atoms with Crippen LogP contribution in [0.4, 0.5) is 0 Å². The van der Waals surface area contributed by atoms with Gasteiger partial charge in [-0.2, -0.15) is 0 Å². The molecule has 5 nitrogen and oxygen atoms in total. The predicted molar refractivity (Wildman–Crippen MR) is 53.5 cm³/mol. The summed E-state index contributed by atoms with van der Waals surface area (Å²) in [7, 11) is 1.30. The first-order chi connectivity index (χ1) is 6.54. The molecular weight excluding hydrogens is 204 g/mol. The summed E-state index contributed by atoms with van der Waals surface area (Å²) in [5.41, 5.74) is 0. The summed E-state index contributed by atoms with van der Waals surface area (Å²) in [6.45, 7) is 1.80. The van der Waals surface area contributed by atoms with Crippen LogP contribution in [-0.2, 0) is 14.3 Å². The fraction of sp³-hybridized carbons (Fsp3) is 0.625. The third-order valence-corrected chi connectivity index (χ3v) is 2.37. The van der Waals surface area contributed by atoms with Crippen LogP contribution in [0, 0.1) is 5.92 Å². The van der Waals surface area contributed by atoms with Crippen molar-refractivity contribution in [3.63, 3.8) is 0 Å². The lowest BCUT2D eigenvalue weighted by molar-refractivity contribution is -0.144. The van der Waals surface area contributed by atoms with Gasteiger partial charge < -0.3 is 15.4 Å². The van der Waals surface area contributed by atoms with Crippen LogP contribution in [0.15, 0.2) is 0 Å². The summed E-state index contributed by atoms with van der Waals surface area (Å²) in [5, 5.41) is 5.65. The molecule has 6 heteroatoms. The molecule has 0 aromatic rings. The number of nitrogens with one attached hydrogen (secondary N) is 2. The Morgan fingerprint density at radius 3 is 2.79 bits per heavy atom. The molecule has 1 amide bonds. The molecule has 0 bridgehead atoms. The summed E-state index contributed by atoms with van der Waals surface area (Å²) < 4.78 is 4.50. The molecule has 0 radical (unpaired) electrons. The zero-order valence-electron chi connectivity index (χ0n) is 7.99. The molecule has 0 saturated carbocycles. The van der Waals surface area contributed by atoms with Crippen LogP contribution in [0.25, 0.3) is 0 Å². The van der Waals surface area contributed by atoms with Crippen molar-refractivity contribution in [3.8, 4) is 0 Å². The molecule has 78 valence electrons. The molecule has 0 aromatic heterocycles. The van der Waals surface area contributed by atoms with Gasteiger partial charge in [0.15, 0.2) is 5.11 Å². The highest BCUT2D eigenvalue weighted by Crippen LogP contribution is 2.13. The Morgan fingerprint density at radius 2 is 2.29 bits per heavy atom. The van der Waals surface area contributed by atoms with Gasteiger partial charge in [-0.15, -0.1) is 0 Å². The van der Waals surface area contributed by atoms with Gasteiger partial charge in [0.05, 0.1) is 19.4 Å². The molecule has 1 heterocycles. The van der Waals surface area contributed by atoms with Crippen molar-refractivity contribution < 1.29 is 14.3 Å². The largest absolute Gasteiger partial charge is 0.469 e. The van der Waals surface area contributed by atoms with E-state index in [9.17, 15) is 9.59 Å². The molecule has 0 aliphatic carbocycles. The molecule has 1 saturated heterocycles. The van der Waals surface area contributed by atoms with Gasteiger partial charge in [-0.1, -0.05) is 0 Å². The average Bonchev–Trinajstić information content (AvgIpc) is 2.10. The maximum atomic E-state index is 11.4. The first-order valence-electron chi connectivity index (χ1n) is 4.22. The first-order valence-corrected chi connectivity index (χ1v) is 4.63. The van der Waals surface area contributed by atoms with Gasteiger partial charge >= 0.3 is 5.97 Å². The van der Waals surface area contributed by atoms with Crippen LogP contribution >= 0.6 is 12.2 Å². The molecule has 2 atom stereocenters. The van der Waals surface area contributed by atoms with E-state index in [2.05, 4.69) is 15.4 Å². The normalized spacial score (nSPS) is 26.4. The van der Waals surface area contributed by atoms with Crippen LogP contribution in [0.3, 0.4) is 0 Å². The van der Waals surface area contributed by atoms with Gasteiger partial charge in [-0.05, 0) is 19.1 Å². The molecule has 1 rings (SSSR count). The number of methoxy groups -OCH3 is 1. The van der Waals surface area contributed by atoms with Gasteiger partial charge in [0, 0.05) is 6.04 Å². The number of thiocarbonyl (C=S) groups is 1. The number of hydrogen-bond acceptors (Lipinski definition) is 4. The zero-order chi connectivity index (χ0) is 10.7. The Bertz CT molecular complexity index is 280. The predicted octanol–water partition coefficient (Wildman–Crippen LogP) is -0.442. The third-order valence-electron chi connectivity index (χ3n) is 2.15. The molecule has 2 N–H and O–H groups in total. The Kier molecular flexibility index (Phi) is 3.40. The van der Waals surface area contributed by atoms with E-state index in [1.54, 1.807) is 6.92 Å². The number of rotatable bonds is 2. The van der Waals surface area contributed by atoms with Crippen molar-refractivity contribution in [2.24, 2.45) is 5.92 Å². The van der Waals surface area contributed by atoms with E-state index in [0.29, 0.717) is 5.11 Å².